The van der Waals surface area contributed by atoms with Crippen LogP contribution in [0.4, 0.5) is 10.6 Å². The molecule has 168 valence electrons. The van der Waals surface area contributed by atoms with Crippen LogP contribution in [0.1, 0.15) is 18.6 Å². The molecule has 3 fully saturated rings. The smallest absolute Gasteiger partial charge is 0.421 e. The van der Waals surface area contributed by atoms with Gasteiger partial charge in [-0.1, -0.05) is 5.16 Å². The number of aryl methyl sites for hydroxylation is 1. The van der Waals surface area contributed by atoms with E-state index in [9.17, 15) is 19.2 Å². The number of carbonyl (C=O) groups is 2. The standard InChI is InChI=1S/C19H21N7O6/c1-10-6-13(24-32-10)21-14(27)8-26-4-2-11(3-5-26)12(7-26)31-19(30)25-9-20-15-16(25)22-18(29)23-17(15)28/h6,9,11-12H,2-5,7-8H2,1H3,(H2-,21,22,23,24,27,28,29)/p+1/t11?,12-,26?/m0/s1. The van der Waals surface area contributed by atoms with E-state index >= 15 is 0 Å². The van der Waals surface area contributed by atoms with E-state index in [1.54, 1.807) is 13.0 Å². The molecule has 0 unspecified atom stereocenters. The number of hydrogen-bond donors (Lipinski definition) is 3. The molecular weight excluding hydrogens is 422 g/mol. The first-order valence-corrected chi connectivity index (χ1v) is 10.3. The number of imidazole rings is 1. The normalized spacial score (nSPS) is 24.5. The van der Waals surface area contributed by atoms with Crippen LogP contribution in [-0.4, -0.2) is 73.4 Å². The molecule has 0 spiro atoms. The lowest BCUT2D eigenvalue weighted by atomic mass is 9.83. The van der Waals surface area contributed by atoms with Crippen molar-refractivity contribution in [2.45, 2.75) is 25.9 Å². The molecule has 6 heterocycles. The molecule has 3 aromatic rings. The Kier molecular flexibility index (Phi) is 4.69. The molecule has 13 heteroatoms. The van der Waals surface area contributed by atoms with Crippen LogP contribution in [0.2, 0.25) is 0 Å². The number of amides is 1. The fourth-order valence-corrected chi connectivity index (χ4v) is 4.75. The third-order valence-electron chi connectivity index (χ3n) is 6.31. The fourth-order valence-electron chi connectivity index (χ4n) is 4.75. The van der Waals surface area contributed by atoms with E-state index in [4.69, 9.17) is 9.26 Å². The van der Waals surface area contributed by atoms with Crippen LogP contribution in [-0.2, 0) is 9.53 Å². The minimum Gasteiger partial charge on any atom is -0.439 e. The van der Waals surface area contributed by atoms with Gasteiger partial charge < -0.3 is 19.1 Å². The Labute approximate surface area is 179 Å². The van der Waals surface area contributed by atoms with E-state index in [0.717, 1.165) is 36.8 Å². The quantitative estimate of drug-likeness (QED) is 0.471. The predicted molar refractivity (Wildman–Crippen MR) is 109 cm³/mol. The van der Waals surface area contributed by atoms with Crippen molar-refractivity contribution in [3.05, 3.63) is 39.0 Å². The molecular formula is C19H22N7O6+. The first-order chi connectivity index (χ1) is 15.3. The Morgan fingerprint density at radius 1 is 1.31 bits per heavy atom. The van der Waals surface area contributed by atoms with Crippen LogP contribution in [0.25, 0.3) is 11.2 Å². The molecule has 13 nitrogen and oxygen atoms in total. The molecule has 0 aliphatic carbocycles. The van der Waals surface area contributed by atoms with Gasteiger partial charge in [0.2, 0.25) is 0 Å². The maximum Gasteiger partial charge on any atom is 0.421 e. The number of fused-ring (bicyclic) bond motifs is 4. The van der Waals surface area contributed by atoms with Crippen molar-refractivity contribution in [2.24, 2.45) is 5.92 Å². The number of rotatable bonds is 4. The summed E-state index contributed by atoms with van der Waals surface area (Å²) >= 11 is 0. The molecule has 2 bridgehead atoms. The molecule has 1 atom stereocenters. The third kappa shape index (κ3) is 3.60. The van der Waals surface area contributed by atoms with Crippen LogP contribution >= 0.6 is 0 Å². The molecule has 0 saturated carbocycles. The minimum absolute atomic E-state index is 0.0174. The number of H-pyrrole nitrogens is 2. The highest BCUT2D eigenvalue weighted by atomic mass is 16.6. The van der Waals surface area contributed by atoms with Gasteiger partial charge in [-0.15, -0.1) is 0 Å². The summed E-state index contributed by atoms with van der Waals surface area (Å²) in [7, 11) is 0. The van der Waals surface area contributed by atoms with E-state index in [1.807, 2.05) is 0 Å². The first-order valence-electron chi connectivity index (χ1n) is 10.3. The van der Waals surface area contributed by atoms with Gasteiger partial charge in [0.05, 0.1) is 13.1 Å². The van der Waals surface area contributed by atoms with Crippen molar-refractivity contribution < 1.29 is 23.3 Å². The van der Waals surface area contributed by atoms with Gasteiger partial charge in [-0.2, -0.15) is 0 Å². The maximum absolute atomic E-state index is 12.8. The summed E-state index contributed by atoms with van der Waals surface area (Å²) in [6.07, 6.45) is 1.69. The zero-order valence-corrected chi connectivity index (χ0v) is 17.3. The summed E-state index contributed by atoms with van der Waals surface area (Å²) in [6.45, 7) is 4.13. The van der Waals surface area contributed by atoms with Gasteiger partial charge in [-0.05, 0) is 6.92 Å². The van der Waals surface area contributed by atoms with Crippen molar-refractivity contribution in [3.8, 4) is 0 Å². The molecule has 3 aromatic heterocycles. The molecule has 3 saturated heterocycles. The Hall–Kier alpha value is -3.74. The van der Waals surface area contributed by atoms with E-state index in [1.165, 1.54) is 0 Å². The molecule has 3 aliphatic rings. The Morgan fingerprint density at radius 2 is 2.09 bits per heavy atom. The summed E-state index contributed by atoms with van der Waals surface area (Å²) in [5.41, 5.74) is -1.50. The van der Waals surface area contributed by atoms with Gasteiger partial charge in [0.25, 0.3) is 11.5 Å². The van der Waals surface area contributed by atoms with Crippen LogP contribution in [0.15, 0.2) is 26.5 Å². The van der Waals surface area contributed by atoms with Crippen LogP contribution in [0.5, 0.6) is 0 Å². The first kappa shape index (κ1) is 20.2. The summed E-state index contributed by atoms with van der Waals surface area (Å²) in [4.78, 5) is 57.2. The van der Waals surface area contributed by atoms with E-state index < -0.39 is 23.4 Å². The highest BCUT2D eigenvalue weighted by Gasteiger charge is 2.48. The zero-order chi connectivity index (χ0) is 22.5. The second-order valence-electron chi connectivity index (χ2n) is 8.48. The van der Waals surface area contributed by atoms with Gasteiger partial charge >= 0.3 is 11.8 Å². The molecule has 3 aliphatic heterocycles. The van der Waals surface area contributed by atoms with Crippen molar-refractivity contribution in [2.75, 3.05) is 31.5 Å². The highest BCUT2D eigenvalue weighted by Crippen LogP contribution is 2.35. The maximum atomic E-state index is 12.8. The van der Waals surface area contributed by atoms with E-state index in [2.05, 4.69) is 25.4 Å². The Balaban J connectivity index is 1.30. The van der Waals surface area contributed by atoms with Crippen LogP contribution < -0.4 is 16.6 Å². The molecule has 0 radical (unpaired) electrons. The van der Waals surface area contributed by atoms with Gasteiger partial charge in [-0.3, -0.25) is 19.6 Å². The number of anilines is 1. The number of piperidine rings is 3. The summed E-state index contributed by atoms with van der Waals surface area (Å²) in [5.74, 6) is 0.989. The van der Waals surface area contributed by atoms with Gasteiger partial charge in [0, 0.05) is 24.8 Å². The van der Waals surface area contributed by atoms with Crippen molar-refractivity contribution in [3.63, 3.8) is 0 Å². The van der Waals surface area contributed by atoms with Crippen LogP contribution in [0, 0.1) is 12.8 Å². The number of aromatic amines is 2. The average Bonchev–Trinajstić information content (AvgIpc) is 3.34. The Morgan fingerprint density at radius 3 is 2.81 bits per heavy atom. The third-order valence-corrected chi connectivity index (χ3v) is 6.31. The second-order valence-corrected chi connectivity index (χ2v) is 8.48. The van der Waals surface area contributed by atoms with Crippen molar-refractivity contribution in [1.82, 2.24) is 24.7 Å². The zero-order valence-electron chi connectivity index (χ0n) is 17.3. The number of hydrogen-bond acceptors (Lipinski definition) is 8. The van der Waals surface area contributed by atoms with Gasteiger partial charge in [-0.25, -0.2) is 19.1 Å². The number of quaternary nitrogens is 1. The van der Waals surface area contributed by atoms with Crippen molar-refractivity contribution >= 4 is 29.0 Å². The predicted octanol–water partition coefficient (Wildman–Crippen LogP) is -0.0583. The van der Waals surface area contributed by atoms with E-state index in [0.29, 0.717) is 22.6 Å². The lowest BCUT2D eigenvalue weighted by Crippen LogP contribution is -2.66. The molecule has 6 rings (SSSR count). The lowest BCUT2D eigenvalue weighted by molar-refractivity contribution is -0.938. The average molecular weight is 444 g/mol. The Bertz CT molecular complexity index is 1310. The number of nitrogens with zero attached hydrogens (tertiary/aromatic N) is 4. The van der Waals surface area contributed by atoms with Crippen molar-refractivity contribution in [1.29, 1.82) is 0 Å². The lowest BCUT2D eigenvalue weighted by Gasteiger charge is -2.51. The van der Waals surface area contributed by atoms with Gasteiger partial charge in [0.1, 0.15) is 18.6 Å². The topological polar surface area (TPSA) is 165 Å². The molecule has 3 N–H and O–H groups in total. The summed E-state index contributed by atoms with van der Waals surface area (Å²) in [5, 5.41) is 6.53. The molecule has 32 heavy (non-hydrogen) atoms. The SMILES string of the molecule is Cc1cc(NC(=O)C[N+]23CCC(CC2)[C@@H](OC(=O)n2cnc4c(=O)[nH]c(=O)[nH]c42)C3)no1. The van der Waals surface area contributed by atoms with Gasteiger partial charge in [0.15, 0.2) is 29.6 Å². The second kappa shape index (κ2) is 7.44. The fraction of sp³-hybridized carbons (Fsp3) is 0.474. The minimum atomic E-state index is -0.738. The number of ether oxygens (including phenoxy) is 1. The number of aromatic nitrogens is 5. The highest BCUT2D eigenvalue weighted by molar-refractivity contribution is 5.90. The monoisotopic (exact) mass is 444 g/mol. The number of carbonyl (C=O) groups excluding carboxylic acids is 2. The largest absolute Gasteiger partial charge is 0.439 e. The van der Waals surface area contributed by atoms with Crippen LogP contribution in [0.3, 0.4) is 0 Å². The number of nitrogens with one attached hydrogen (secondary N) is 3. The summed E-state index contributed by atoms with van der Waals surface area (Å²) in [6, 6.07) is 1.65. The van der Waals surface area contributed by atoms with E-state index in [-0.39, 0.29) is 29.5 Å². The molecule has 0 aromatic carbocycles. The summed E-state index contributed by atoms with van der Waals surface area (Å²) < 4.78 is 12.3. The molecule has 1 amide bonds.